The summed E-state index contributed by atoms with van der Waals surface area (Å²) in [4.78, 5) is 18.8. The minimum Gasteiger partial charge on any atom is -0.494 e. The summed E-state index contributed by atoms with van der Waals surface area (Å²) in [5, 5.41) is 10.5. The van der Waals surface area contributed by atoms with Gasteiger partial charge >= 0.3 is 0 Å². The van der Waals surface area contributed by atoms with Crippen LogP contribution in [0, 0.1) is 10.6 Å². The lowest BCUT2D eigenvalue weighted by molar-refractivity contribution is 0.340. The van der Waals surface area contributed by atoms with E-state index in [4.69, 9.17) is 28.6 Å². The maximum absolute atomic E-state index is 13.2. The Morgan fingerprint density at radius 2 is 2.04 bits per heavy atom. The van der Waals surface area contributed by atoms with Crippen LogP contribution in [0.1, 0.15) is 12.5 Å². The first-order chi connectivity index (χ1) is 13.4. The molecule has 28 heavy (non-hydrogen) atoms. The van der Waals surface area contributed by atoms with Gasteiger partial charge in [-0.25, -0.2) is 4.39 Å². The first kappa shape index (κ1) is 19.8. The van der Waals surface area contributed by atoms with Crippen LogP contribution in [-0.2, 0) is 0 Å². The van der Waals surface area contributed by atoms with Gasteiger partial charge < -0.3 is 9.84 Å². The Kier molecular flexibility index (Phi) is 5.91. The van der Waals surface area contributed by atoms with Crippen molar-refractivity contribution in [2.45, 2.75) is 6.92 Å². The van der Waals surface area contributed by atoms with Crippen molar-refractivity contribution in [1.82, 2.24) is 9.55 Å². The Labute approximate surface area is 169 Å². The molecule has 0 unspecified atom stereocenters. The minimum absolute atomic E-state index is 0.0219. The van der Waals surface area contributed by atoms with E-state index in [1.165, 1.54) is 16.7 Å². The lowest BCUT2D eigenvalue weighted by atomic mass is 10.2. The summed E-state index contributed by atoms with van der Waals surface area (Å²) in [5.74, 6) is -0.295. The Morgan fingerprint density at radius 1 is 1.32 bits per heavy atom. The second-order valence-corrected chi connectivity index (χ2v) is 6.41. The van der Waals surface area contributed by atoms with Crippen molar-refractivity contribution in [2.24, 2.45) is 4.99 Å². The van der Waals surface area contributed by atoms with Crippen LogP contribution >= 0.6 is 23.8 Å². The third kappa shape index (κ3) is 4.13. The highest BCUT2D eigenvalue weighted by Gasteiger charge is 2.13. The topological polar surface area (TPSA) is 79.6 Å². The molecule has 1 heterocycles. The van der Waals surface area contributed by atoms with Crippen molar-refractivity contribution in [3.63, 3.8) is 0 Å². The summed E-state index contributed by atoms with van der Waals surface area (Å²) < 4.78 is 20.0. The van der Waals surface area contributed by atoms with Gasteiger partial charge in [-0.2, -0.15) is 0 Å². The van der Waals surface area contributed by atoms with Gasteiger partial charge in [0.1, 0.15) is 17.1 Å². The van der Waals surface area contributed by atoms with Gasteiger partial charge in [0.05, 0.1) is 23.0 Å². The van der Waals surface area contributed by atoms with E-state index in [-0.39, 0.29) is 21.2 Å². The summed E-state index contributed by atoms with van der Waals surface area (Å²) in [7, 11) is 0. The molecule has 2 aromatic carbocycles. The molecule has 6 nitrogen and oxygen atoms in total. The number of hydrogen-bond acceptors (Lipinski definition) is 5. The minimum atomic E-state index is -0.610. The Morgan fingerprint density at radius 3 is 2.68 bits per heavy atom. The second kappa shape index (κ2) is 8.37. The molecule has 0 aliphatic carbocycles. The van der Waals surface area contributed by atoms with E-state index in [9.17, 15) is 14.3 Å². The van der Waals surface area contributed by atoms with Crippen molar-refractivity contribution < 1.29 is 14.2 Å². The van der Waals surface area contributed by atoms with Crippen LogP contribution in [0.2, 0.25) is 5.02 Å². The molecule has 0 fully saturated rings. The maximum Gasteiger partial charge on any atom is 0.264 e. The first-order valence-corrected chi connectivity index (χ1v) is 9.00. The number of H-pyrrole nitrogens is 1. The van der Waals surface area contributed by atoms with E-state index >= 15 is 0 Å². The SMILES string of the molecule is CCOc1ccc(-n2c(O)c(C=Nc3ccc(F)c(Cl)c3)c(=O)[nH]c2=S)cc1. The molecule has 0 atom stereocenters. The van der Waals surface area contributed by atoms with Gasteiger partial charge in [0, 0.05) is 6.21 Å². The van der Waals surface area contributed by atoms with Gasteiger partial charge in [-0.05, 0) is 61.6 Å². The maximum atomic E-state index is 13.2. The van der Waals surface area contributed by atoms with Gasteiger partial charge in [0.15, 0.2) is 4.77 Å². The van der Waals surface area contributed by atoms with Gasteiger partial charge in [0.2, 0.25) is 5.88 Å². The predicted octanol–water partition coefficient (Wildman–Crippen LogP) is 4.54. The molecule has 0 aliphatic rings. The summed E-state index contributed by atoms with van der Waals surface area (Å²) in [6.45, 7) is 2.40. The molecule has 144 valence electrons. The zero-order chi connectivity index (χ0) is 20.3. The molecule has 2 N–H and O–H groups in total. The average molecular weight is 420 g/mol. The van der Waals surface area contributed by atoms with Crippen molar-refractivity contribution in [3.05, 3.63) is 74.0 Å². The number of aromatic nitrogens is 2. The number of rotatable bonds is 5. The number of aromatic hydroxyl groups is 1. The van der Waals surface area contributed by atoms with Crippen LogP contribution < -0.4 is 10.3 Å². The largest absolute Gasteiger partial charge is 0.494 e. The fourth-order valence-electron chi connectivity index (χ4n) is 2.46. The molecule has 0 saturated heterocycles. The van der Waals surface area contributed by atoms with Crippen molar-refractivity contribution in [1.29, 1.82) is 0 Å². The zero-order valence-corrected chi connectivity index (χ0v) is 16.2. The number of halogens is 2. The van der Waals surface area contributed by atoms with Crippen molar-refractivity contribution in [2.75, 3.05) is 6.61 Å². The fourth-order valence-corrected chi connectivity index (χ4v) is 2.92. The molecule has 0 radical (unpaired) electrons. The highest BCUT2D eigenvalue weighted by Crippen LogP contribution is 2.23. The molecule has 1 aromatic heterocycles. The van der Waals surface area contributed by atoms with Gasteiger partial charge in [-0.3, -0.25) is 19.3 Å². The Hall–Kier alpha value is -2.97. The molecular weight excluding hydrogens is 405 g/mol. The molecule has 9 heteroatoms. The highest BCUT2D eigenvalue weighted by molar-refractivity contribution is 7.71. The lowest BCUT2D eigenvalue weighted by Crippen LogP contribution is -2.18. The van der Waals surface area contributed by atoms with Gasteiger partial charge in [-0.1, -0.05) is 11.6 Å². The number of aliphatic imine (C=N–C) groups is 1. The summed E-state index contributed by atoms with van der Waals surface area (Å²) in [6, 6.07) is 10.7. The van der Waals surface area contributed by atoms with E-state index in [2.05, 4.69) is 9.98 Å². The van der Waals surface area contributed by atoms with E-state index < -0.39 is 11.4 Å². The number of nitrogens with zero attached hydrogens (tertiary/aromatic N) is 2. The van der Waals surface area contributed by atoms with E-state index in [0.29, 0.717) is 23.7 Å². The highest BCUT2D eigenvalue weighted by atomic mass is 35.5. The van der Waals surface area contributed by atoms with Crippen LogP contribution in [0.4, 0.5) is 10.1 Å². The summed E-state index contributed by atoms with van der Waals surface area (Å²) in [6.07, 6.45) is 1.16. The summed E-state index contributed by atoms with van der Waals surface area (Å²) in [5.41, 5.74) is 0.131. The van der Waals surface area contributed by atoms with Gasteiger partial charge in [-0.15, -0.1) is 0 Å². The molecule has 3 aromatic rings. The third-order valence-electron chi connectivity index (χ3n) is 3.77. The van der Waals surface area contributed by atoms with Gasteiger partial charge in [0.25, 0.3) is 5.56 Å². The molecule has 3 rings (SSSR count). The Balaban J connectivity index is 2.04. The van der Waals surface area contributed by atoms with Crippen LogP contribution in [0.15, 0.2) is 52.3 Å². The number of hydrogen-bond donors (Lipinski definition) is 2. The number of nitrogens with one attached hydrogen (secondary N) is 1. The third-order valence-corrected chi connectivity index (χ3v) is 4.35. The van der Waals surface area contributed by atoms with Crippen LogP contribution in [0.25, 0.3) is 5.69 Å². The standard InChI is InChI=1S/C19H15ClFN3O3S/c1-2-27-13-6-4-12(5-7-13)24-18(26)14(17(25)23-19(24)28)10-22-11-3-8-16(21)15(20)9-11/h3-10,26H,2H2,1H3,(H,23,25,28). The van der Waals surface area contributed by atoms with E-state index in [1.807, 2.05) is 6.92 Å². The van der Waals surface area contributed by atoms with Crippen LogP contribution in [0.5, 0.6) is 11.6 Å². The molecular formula is C19H15ClFN3O3S. The smallest absolute Gasteiger partial charge is 0.264 e. The first-order valence-electron chi connectivity index (χ1n) is 8.21. The van der Waals surface area contributed by atoms with Crippen LogP contribution in [0.3, 0.4) is 0 Å². The van der Waals surface area contributed by atoms with E-state index in [0.717, 1.165) is 12.3 Å². The average Bonchev–Trinajstić information content (AvgIpc) is 2.65. The van der Waals surface area contributed by atoms with Crippen LogP contribution in [-0.4, -0.2) is 27.5 Å². The fraction of sp³-hybridized carbons (Fsp3) is 0.105. The molecule has 0 bridgehead atoms. The molecule has 0 amide bonds. The molecule has 0 spiro atoms. The zero-order valence-electron chi connectivity index (χ0n) is 14.6. The normalized spacial score (nSPS) is 11.1. The number of benzene rings is 2. The summed E-state index contributed by atoms with van der Waals surface area (Å²) >= 11 is 10.9. The second-order valence-electron chi connectivity index (χ2n) is 5.62. The number of aromatic amines is 1. The quantitative estimate of drug-likeness (QED) is 0.470. The Bertz CT molecular complexity index is 1160. The van der Waals surface area contributed by atoms with Crippen molar-refractivity contribution in [3.8, 4) is 17.3 Å². The predicted molar refractivity (Wildman–Crippen MR) is 109 cm³/mol. The number of ether oxygens (including phenoxy) is 1. The monoisotopic (exact) mass is 419 g/mol. The lowest BCUT2D eigenvalue weighted by Gasteiger charge is -2.12. The van der Waals surface area contributed by atoms with Crippen molar-refractivity contribution >= 4 is 35.7 Å². The molecule has 0 saturated carbocycles. The van der Waals surface area contributed by atoms with E-state index in [1.54, 1.807) is 24.3 Å². The molecule has 0 aliphatic heterocycles.